The second-order valence-electron chi connectivity index (χ2n) is 4.85. The summed E-state index contributed by atoms with van der Waals surface area (Å²) in [7, 11) is 0. The Hall–Kier alpha value is -0.120. The van der Waals surface area contributed by atoms with Crippen LogP contribution in [0.3, 0.4) is 0 Å². The van der Waals surface area contributed by atoms with Crippen LogP contribution in [-0.4, -0.2) is 29.2 Å². The van der Waals surface area contributed by atoms with Gasteiger partial charge in [-0.1, -0.05) is 6.42 Å². The molecule has 0 aromatic heterocycles. The van der Waals surface area contributed by atoms with Gasteiger partial charge in [0.2, 0.25) is 0 Å². The van der Waals surface area contributed by atoms with Gasteiger partial charge in [-0.25, -0.2) is 0 Å². The van der Waals surface area contributed by atoms with E-state index in [0.29, 0.717) is 0 Å². The number of hydrogen-bond acceptors (Lipinski definition) is 3. The van der Waals surface area contributed by atoms with Gasteiger partial charge in [0.1, 0.15) is 6.10 Å². The number of fused-ring (bicyclic) bond motifs is 1. The fraction of sp³-hybridized carbons (Fsp3) is 1.00. The first kappa shape index (κ1) is 9.13. The van der Waals surface area contributed by atoms with E-state index in [2.05, 4.69) is 0 Å². The van der Waals surface area contributed by atoms with Crippen molar-refractivity contribution >= 4 is 0 Å². The third-order valence-corrected chi connectivity index (χ3v) is 3.82. The van der Waals surface area contributed by atoms with E-state index >= 15 is 0 Å². The standard InChI is InChI=1S/C11H18O3/c12-8-4-5-9-10(8)14-11(13-9)6-2-1-3-7-11/h8-10,12H,1-7H2/t8-,9+,10-/m0/s1. The van der Waals surface area contributed by atoms with Crippen molar-refractivity contribution in [3.05, 3.63) is 0 Å². The van der Waals surface area contributed by atoms with Crippen LogP contribution >= 0.6 is 0 Å². The minimum absolute atomic E-state index is 0.0342. The summed E-state index contributed by atoms with van der Waals surface area (Å²) in [5, 5.41) is 9.71. The smallest absolute Gasteiger partial charge is 0.169 e. The Kier molecular flexibility index (Phi) is 2.08. The molecule has 0 unspecified atom stereocenters. The number of aliphatic hydroxyl groups excluding tert-OH is 1. The summed E-state index contributed by atoms with van der Waals surface area (Å²) in [6, 6.07) is 0. The summed E-state index contributed by atoms with van der Waals surface area (Å²) in [6.45, 7) is 0. The van der Waals surface area contributed by atoms with Crippen LogP contribution in [0.5, 0.6) is 0 Å². The highest BCUT2D eigenvalue weighted by atomic mass is 16.8. The highest BCUT2D eigenvalue weighted by Crippen LogP contribution is 2.45. The fourth-order valence-corrected chi connectivity index (χ4v) is 3.07. The van der Waals surface area contributed by atoms with E-state index in [1.165, 1.54) is 19.3 Å². The Balaban J connectivity index is 1.74. The van der Waals surface area contributed by atoms with E-state index in [4.69, 9.17) is 9.47 Å². The average Bonchev–Trinajstić information content (AvgIpc) is 2.68. The molecule has 1 heterocycles. The molecule has 0 amide bonds. The number of aliphatic hydroxyl groups is 1. The molecule has 0 radical (unpaired) electrons. The van der Waals surface area contributed by atoms with Crippen LogP contribution in [0.1, 0.15) is 44.9 Å². The van der Waals surface area contributed by atoms with Gasteiger partial charge in [0.05, 0.1) is 12.2 Å². The van der Waals surface area contributed by atoms with Gasteiger partial charge in [0, 0.05) is 12.8 Å². The van der Waals surface area contributed by atoms with Crippen molar-refractivity contribution in [2.45, 2.75) is 69.0 Å². The molecule has 3 rings (SSSR count). The van der Waals surface area contributed by atoms with Crippen molar-refractivity contribution in [3.63, 3.8) is 0 Å². The van der Waals surface area contributed by atoms with E-state index in [-0.39, 0.29) is 24.1 Å². The molecule has 2 aliphatic carbocycles. The first-order valence-electron chi connectivity index (χ1n) is 5.83. The summed E-state index contributed by atoms with van der Waals surface area (Å²) in [5.74, 6) is -0.311. The molecular formula is C11H18O3. The monoisotopic (exact) mass is 198 g/mol. The number of rotatable bonds is 0. The second kappa shape index (κ2) is 3.19. The lowest BCUT2D eigenvalue weighted by atomic mass is 9.94. The van der Waals surface area contributed by atoms with Crippen molar-refractivity contribution in [1.29, 1.82) is 0 Å². The number of hydrogen-bond donors (Lipinski definition) is 1. The maximum absolute atomic E-state index is 9.71. The molecular weight excluding hydrogens is 180 g/mol. The van der Waals surface area contributed by atoms with Gasteiger partial charge >= 0.3 is 0 Å². The molecule has 1 saturated heterocycles. The number of ether oxygens (including phenoxy) is 2. The highest BCUT2D eigenvalue weighted by Gasteiger charge is 2.52. The average molecular weight is 198 g/mol. The minimum atomic E-state index is -0.311. The molecule has 3 atom stereocenters. The van der Waals surface area contributed by atoms with Gasteiger partial charge in [-0.2, -0.15) is 0 Å². The van der Waals surface area contributed by atoms with Gasteiger partial charge in [-0.05, 0) is 25.7 Å². The maximum Gasteiger partial charge on any atom is 0.169 e. The zero-order valence-corrected chi connectivity index (χ0v) is 8.45. The van der Waals surface area contributed by atoms with Crippen LogP contribution in [0.4, 0.5) is 0 Å². The fourth-order valence-electron chi connectivity index (χ4n) is 3.07. The largest absolute Gasteiger partial charge is 0.390 e. The molecule has 0 aromatic carbocycles. The van der Waals surface area contributed by atoms with E-state index in [0.717, 1.165) is 25.7 Å². The van der Waals surface area contributed by atoms with Crippen LogP contribution in [0.15, 0.2) is 0 Å². The quantitative estimate of drug-likeness (QED) is 0.642. The molecule has 3 nitrogen and oxygen atoms in total. The van der Waals surface area contributed by atoms with Crippen molar-refractivity contribution in [3.8, 4) is 0 Å². The predicted octanol–water partition coefficient (Wildman–Crippen LogP) is 1.59. The second-order valence-corrected chi connectivity index (χ2v) is 4.85. The molecule has 80 valence electrons. The Bertz CT molecular complexity index is 223. The summed E-state index contributed by atoms with van der Waals surface area (Å²) in [6.07, 6.45) is 7.40. The molecule has 2 saturated carbocycles. The van der Waals surface area contributed by atoms with E-state index < -0.39 is 0 Å². The van der Waals surface area contributed by atoms with Gasteiger partial charge in [0.15, 0.2) is 5.79 Å². The topological polar surface area (TPSA) is 38.7 Å². The molecule has 1 N–H and O–H groups in total. The first-order valence-corrected chi connectivity index (χ1v) is 5.83. The molecule has 0 bridgehead atoms. The summed E-state index contributed by atoms with van der Waals surface area (Å²) >= 11 is 0. The zero-order chi connectivity index (χ0) is 9.60. The first-order chi connectivity index (χ1) is 6.79. The Labute approximate surface area is 84.4 Å². The molecule has 0 aromatic rings. The summed E-state index contributed by atoms with van der Waals surface area (Å²) in [5.41, 5.74) is 0. The van der Waals surface area contributed by atoms with Crippen molar-refractivity contribution in [2.24, 2.45) is 0 Å². The van der Waals surface area contributed by atoms with Crippen LogP contribution in [0.25, 0.3) is 0 Å². The predicted molar refractivity (Wildman–Crippen MR) is 50.8 cm³/mol. The maximum atomic E-state index is 9.71. The Morgan fingerprint density at radius 3 is 2.50 bits per heavy atom. The lowest BCUT2D eigenvalue weighted by Gasteiger charge is -2.32. The van der Waals surface area contributed by atoms with Crippen LogP contribution in [0.2, 0.25) is 0 Å². The lowest BCUT2D eigenvalue weighted by Crippen LogP contribution is -2.35. The molecule has 14 heavy (non-hydrogen) atoms. The van der Waals surface area contributed by atoms with Crippen LogP contribution < -0.4 is 0 Å². The van der Waals surface area contributed by atoms with E-state index in [9.17, 15) is 5.11 Å². The van der Waals surface area contributed by atoms with Crippen molar-refractivity contribution < 1.29 is 14.6 Å². The van der Waals surface area contributed by atoms with Gasteiger partial charge < -0.3 is 14.6 Å². The van der Waals surface area contributed by atoms with E-state index in [1.807, 2.05) is 0 Å². The van der Waals surface area contributed by atoms with E-state index in [1.54, 1.807) is 0 Å². The van der Waals surface area contributed by atoms with Crippen LogP contribution in [0, 0.1) is 0 Å². The molecule has 3 fully saturated rings. The Morgan fingerprint density at radius 1 is 1.00 bits per heavy atom. The SMILES string of the molecule is O[C@H]1CC[C@H]2OC3(CCCCC3)O[C@@H]12. The summed E-state index contributed by atoms with van der Waals surface area (Å²) < 4.78 is 12.0. The molecule has 1 aliphatic heterocycles. The zero-order valence-electron chi connectivity index (χ0n) is 8.45. The Morgan fingerprint density at radius 2 is 1.79 bits per heavy atom. The molecule has 3 aliphatic rings. The summed E-state index contributed by atoms with van der Waals surface area (Å²) in [4.78, 5) is 0. The van der Waals surface area contributed by atoms with Gasteiger partial charge in [0.25, 0.3) is 0 Å². The normalized spacial score (nSPS) is 45.6. The van der Waals surface area contributed by atoms with Crippen LogP contribution in [-0.2, 0) is 9.47 Å². The lowest BCUT2D eigenvalue weighted by molar-refractivity contribution is -0.205. The van der Waals surface area contributed by atoms with Gasteiger partial charge in [-0.3, -0.25) is 0 Å². The molecule has 1 spiro atoms. The van der Waals surface area contributed by atoms with Crippen molar-refractivity contribution in [2.75, 3.05) is 0 Å². The minimum Gasteiger partial charge on any atom is -0.390 e. The third-order valence-electron chi connectivity index (χ3n) is 3.82. The van der Waals surface area contributed by atoms with Gasteiger partial charge in [-0.15, -0.1) is 0 Å². The van der Waals surface area contributed by atoms with Crippen molar-refractivity contribution in [1.82, 2.24) is 0 Å². The molecule has 3 heteroatoms. The highest BCUT2D eigenvalue weighted by molar-refractivity contribution is 4.95. The third kappa shape index (κ3) is 1.30.